The Morgan fingerprint density at radius 1 is 0.423 bits per heavy atom. The van der Waals surface area contributed by atoms with E-state index in [1.807, 2.05) is 0 Å². The van der Waals surface area contributed by atoms with Crippen molar-refractivity contribution in [1.29, 1.82) is 0 Å². The third-order valence-electron chi connectivity index (χ3n) is 16.5. The van der Waals surface area contributed by atoms with Crippen LogP contribution in [0.15, 0.2) is 200 Å². The standard InChI is InChI=1S/C73H72BN3Se/c1-70(2,3)50-32-35-54(36-33-50)76(63-31-23-22-30-59(63)48-26-18-15-19-27-48)55-37-38-61-65(46-55)78-66-41-49(58-29-21-20-28-57(58)47-24-16-14-17-25-47)40-64-67(66)74(61)69-68(60-45-51(71(4,5)6)34-39-62(60)75(69)13)77(64)56-43-52(72(7,8)9)42-53(44-56)73(10,11)12/h14-46H,1-13H3. The van der Waals surface area contributed by atoms with E-state index in [0.29, 0.717) is 0 Å². The topological polar surface area (TPSA) is 11.4 Å². The zero-order valence-electron chi connectivity index (χ0n) is 47.9. The third-order valence-corrected chi connectivity index (χ3v) is 18.8. The number of benzene rings is 9. The van der Waals surface area contributed by atoms with Crippen LogP contribution in [-0.4, -0.2) is 26.2 Å². The summed E-state index contributed by atoms with van der Waals surface area (Å²) in [4.78, 5) is 5.21. The molecule has 0 radical (unpaired) electrons. The van der Waals surface area contributed by atoms with Gasteiger partial charge in [-0.25, -0.2) is 0 Å². The van der Waals surface area contributed by atoms with E-state index in [0.717, 1.165) is 17.1 Å². The maximum absolute atomic E-state index is 2.71. The van der Waals surface area contributed by atoms with Crippen molar-refractivity contribution in [2.75, 3.05) is 9.80 Å². The van der Waals surface area contributed by atoms with Crippen LogP contribution in [-0.2, 0) is 28.7 Å². The second-order valence-electron chi connectivity index (χ2n) is 26.0. The average Bonchev–Trinajstić information content (AvgIpc) is 3.74. The minimum atomic E-state index is -0.0743. The Balaban J connectivity index is 1.16. The van der Waals surface area contributed by atoms with Crippen LogP contribution in [0, 0.1) is 0 Å². The van der Waals surface area contributed by atoms with Crippen LogP contribution in [0.3, 0.4) is 0 Å². The van der Waals surface area contributed by atoms with E-state index in [9.17, 15) is 0 Å². The molecular weight excluding hydrogens is 1010 g/mol. The zero-order valence-corrected chi connectivity index (χ0v) is 49.6. The van der Waals surface area contributed by atoms with E-state index in [-0.39, 0.29) is 43.3 Å². The summed E-state index contributed by atoms with van der Waals surface area (Å²) in [6, 6.07) is 76.5. The predicted octanol–water partition coefficient (Wildman–Crippen LogP) is 16.1. The van der Waals surface area contributed by atoms with Gasteiger partial charge in [0.1, 0.15) is 0 Å². The van der Waals surface area contributed by atoms with Gasteiger partial charge in [-0.05, 0) is 0 Å². The molecule has 388 valence electrons. The van der Waals surface area contributed by atoms with Gasteiger partial charge in [0, 0.05) is 0 Å². The van der Waals surface area contributed by atoms with E-state index < -0.39 is 0 Å². The molecule has 0 fully saturated rings. The van der Waals surface area contributed by atoms with Crippen molar-refractivity contribution >= 4 is 92.1 Å². The number of hydrogen-bond donors (Lipinski definition) is 0. The molecule has 3 nitrogen and oxygen atoms in total. The van der Waals surface area contributed by atoms with Gasteiger partial charge in [-0.3, -0.25) is 0 Å². The summed E-state index contributed by atoms with van der Waals surface area (Å²) in [6.07, 6.45) is 0. The van der Waals surface area contributed by atoms with Crippen molar-refractivity contribution < 1.29 is 0 Å². The molecule has 0 atom stereocenters. The van der Waals surface area contributed by atoms with Crippen LogP contribution < -0.4 is 35.2 Å². The number of para-hydroxylation sites is 1. The van der Waals surface area contributed by atoms with E-state index >= 15 is 0 Å². The molecule has 0 saturated heterocycles. The van der Waals surface area contributed by atoms with Gasteiger partial charge < -0.3 is 0 Å². The van der Waals surface area contributed by atoms with Crippen LogP contribution in [0.1, 0.15) is 105 Å². The van der Waals surface area contributed by atoms with Crippen molar-refractivity contribution in [3.05, 3.63) is 222 Å². The van der Waals surface area contributed by atoms with Gasteiger partial charge in [-0.1, -0.05) is 0 Å². The van der Waals surface area contributed by atoms with Crippen LogP contribution in [0.25, 0.3) is 44.3 Å². The van der Waals surface area contributed by atoms with Gasteiger partial charge >= 0.3 is 474 Å². The van der Waals surface area contributed by atoms with Crippen LogP contribution in [0.2, 0.25) is 0 Å². The van der Waals surface area contributed by atoms with Gasteiger partial charge in [0.15, 0.2) is 0 Å². The molecule has 2 aliphatic heterocycles. The Bertz CT molecular complexity index is 3900. The molecule has 12 rings (SSSR count). The first kappa shape index (κ1) is 51.5. The number of aryl methyl sites for hydroxylation is 1. The van der Waals surface area contributed by atoms with Crippen molar-refractivity contribution in [1.82, 2.24) is 4.57 Å². The summed E-state index contributed by atoms with van der Waals surface area (Å²) in [6.45, 7) is 28.1. The van der Waals surface area contributed by atoms with E-state index in [1.165, 1.54) is 109 Å². The Kier molecular flexibility index (Phi) is 12.5. The number of rotatable bonds is 7. The molecule has 2 aliphatic rings. The molecular formula is C73H72BN3Se. The fraction of sp³-hybridized carbons (Fsp3) is 0.233. The molecule has 9 aromatic carbocycles. The molecule has 0 amide bonds. The molecule has 10 aromatic rings. The van der Waals surface area contributed by atoms with Crippen molar-refractivity contribution in [2.45, 2.75) is 105 Å². The zero-order chi connectivity index (χ0) is 54.6. The number of fused-ring (bicyclic) bond motifs is 6. The summed E-state index contributed by atoms with van der Waals surface area (Å²) >= 11 is -0.0681. The predicted molar refractivity (Wildman–Crippen MR) is 340 cm³/mol. The van der Waals surface area contributed by atoms with E-state index in [4.69, 9.17) is 0 Å². The first-order valence-electron chi connectivity index (χ1n) is 27.9. The summed E-state index contributed by atoms with van der Waals surface area (Å²) in [7, 11) is 2.33. The Hall–Kier alpha value is -7.30. The van der Waals surface area contributed by atoms with Gasteiger partial charge in [-0.15, -0.1) is 0 Å². The van der Waals surface area contributed by atoms with Gasteiger partial charge in [0.05, 0.1) is 0 Å². The SMILES string of the molecule is Cn1c2c(c3cc(C(C)(C)C)ccc31)N(c1cc(C(C)(C)C)cc(C(C)(C)C)c1)c1cc(-c3ccccc3-c3ccccc3)cc3c1B2c1ccc(N(c2ccc(C(C)(C)C)cc2)c2ccccc2-c2ccccc2)cc1[Se]3. The van der Waals surface area contributed by atoms with Gasteiger partial charge in [-0.2, -0.15) is 0 Å². The van der Waals surface area contributed by atoms with Gasteiger partial charge in [0.2, 0.25) is 0 Å². The second-order valence-corrected chi connectivity index (χ2v) is 28.2. The molecule has 1 aromatic heterocycles. The van der Waals surface area contributed by atoms with Gasteiger partial charge in [0.25, 0.3) is 0 Å². The Morgan fingerprint density at radius 2 is 0.949 bits per heavy atom. The first-order chi connectivity index (χ1) is 37.1. The van der Waals surface area contributed by atoms with Crippen molar-refractivity contribution in [2.24, 2.45) is 7.05 Å². The molecule has 0 N–H and O–H groups in total. The first-order valence-corrected chi connectivity index (χ1v) is 29.6. The molecule has 0 spiro atoms. The monoisotopic (exact) mass is 1080 g/mol. The Labute approximate surface area is 471 Å². The van der Waals surface area contributed by atoms with E-state index in [1.54, 1.807) is 0 Å². The normalized spacial score (nSPS) is 13.3. The van der Waals surface area contributed by atoms with Crippen LogP contribution in [0.4, 0.5) is 34.1 Å². The maximum atomic E-state index is 2.71. The van der Waals surface area contributed by atoms with Crippen molar-refractivity contribution in [3.8, 4) is 33.4 Å². The summed E-state index contributed by atoms with van der Waals surface area (Å²) in [5.74, 6) is 0. The summed E-state index contributed by atoms with van der Waals surface area (Å²) in [5.41, 5.74) is 25.2. The molecule has 78 heavy (non-hydrogen) atoms. The van der Waals surface area contributed by atoms with E-state index in [2.05, 4.69) is 305 Å². The fourth-order valence-corrected chi connectivity index (χ4v) is 14.6. The molecule has 0 unspecified atom stereocenters. The number of anilines is 6. The third kappa shape index (κ3) is 9.03. The molecule has 0 saturated carbocycles. The quantitative estimate of drug-likeness (QED) is 0.147. The van der Waals surface area contributed by atoms with Crippen LogP contribution in [0.5, 0.6) is 0 Å². The number of nitrogens with zero attached hydrogens (tertiary/aromatic N) is 3. The van der Waals surface area contributed by atoms with Crippen molar-refractivity contribution in [3.63, 3.8) is 0 Å². The van der Waals surface area contributed by atoms with Crippen LogP contribution >= 0.6 is 0 Å². The molecule has 0 aliphatic carbocycles. The fourth-order valence-electron chi connectivity index (χ4n) is 12.0. The Morgan fingerprint density at radius 3 is 1.55 bits per heavy atom. The molecule has 5 heteroatoms. The average molecular weight is 1080 g/mol. The molecule has 3 heterocycles. The second kappa shape index (κ2) is 19.0. The number of hydrogen-bond acceptors (Lipinski definition) is 2. The summed E-state index contributed by atoms with van der Waals surface area (Å²) < 4.78 is 5.39. The minimum absolute atomic E-state index is 0.0150. The number of aromatic nitrogens is 1. The molecule has 0 bridgehead atoms. The summed E-state index contributed by atoms with van der Waals surface area (Å²) in [5, 5.41) is 1.29.